The molecule has 3 heterocycles. The summed E-state index contributed by atoms with van der Waals surface area (Å²) in [6.45, 7) is 4.01. The fourth-order valence-corrected chi connectivity index (χ4v) is 4.37. The third kappa shape index (κ3) is 4.79. The average Bonchev–Trinajstić information content (AvgIpc) is 3.45. The largest absolute Gasteiger partial charge is 0.444 e. The molecule has 6 nitrogen and oxygen atoms in total. The van der Waals surface area contributed by atoms with E-state index in [0.717, 1.165) is 47.5 Å². The fraction of sp³-hybridized carbons (Fsp3) is 0.348. The van der Waals surface area contributed by atoms with Crippen LogP contribution in [0.2, 0.25) is 0 Å². The molecule has 30 heavy (non-hydrogen) atoms. The number of carbonyl (C=O) groups is 2. The first-order valence-electron chi connectivity index (χ1n) is 10.2. The minimum absolute atomic E-state index is 0.00717. The van der Waals surface area contributed by atoms with E-state index in [1.54, 1.807) is 11.3 Å². The third-order valence-corrected chi connectivity index (χ3v) is 6.17. The van der Waals surface area contributed by atoms with Crippen LogP contribution in [0.15, 0.2) is 46.4 Å². The van der Waals surface area contributed by atoms with Gasteiger partial charge in [0, 0.05) is 30.1 Å². The summed E-state index contributed by atoms with van der Waals surface area (Å²) in [5.74, 6) is 0.390. The highest BCUT2D eigenvalue weighted by atomic mass is 32.1. The average molecular weight is 424 g/mol. The number of likely N-dealkylation sites (tertiary alicyclic amines) is 1. The number of aromatic nitrogens is 1. The first kappa shape index (κ1) is 20.3. The summed E-state index contributed by atoms with van der Waals surface area (Å²) in [7, 11) is 0. The molecular weight excluding hydrogens is 398 g/mol. The van der Waals surface area contributed by atoms with Crippen molar-refractivity contribution in [2.45, 2.75) is 39.2 Å². The predicted octanol–water partition coefficient (Wildman–Crippen LogP) is 4.20. The molecule has 1 aliphatic heterocycles. The second-order valence-corrected chi connectivity index (χ2v) is 8.61. The summed E-state index contributed by atoms with van der Waals surface area (Å²) in [4.78, 5) is 32.0. The maximum atomic E-state index is 12.6. The van der Waals surface area contributed by atoms with E-state index in [-0.39, 0.29) is 11.8 Å². The molecule has 0 aliphatic carbocycles. The fourth-order valence-electron chi connectivity index (χ4n) is 3.66. The number of nitrogens with one attached hydrogen (secondary N) is 1. The molecule has 0 saturated carbocycles. The van der Waals surface area contributed by atoms with Crippen LogP contribution >= 0.6 is 11.3 Å². The van der Waals surface area contributed by atoms with Crippen LogP contribution in [0.3, 0.4) is 0 Å². The SMILES string of the molecule is Cc1cc(CNC(=O)Cc2cccs2)ccc1-c1nc(C(=O)N2CCCCC2)co1. The van der Waals surface area contributed by atoms with Gasteiger partial charge in [-0.05, 0) is 54.8 Å². The van der Waals surface area contributed by atoms with Crippen molar-refractivity contribution in [2.24, 2.45) is 0 Å². The van der Waals surface area contributed by atoms with E-state index < -0.39 is 0 Å². The molecule has 1 fully saturated rings. The third-order valence-electron chi connectivity index (χ3n) is 5.29. The molecule has 0 spiro atoms. The van der Waals surface area contributed by atoms with Crippen molar-refractivity contribution < 1.29 is 14.0 Å². The van der Waals surface area contributed by atoms with Crippen molar-refractivity contribution in [1.29, 1.82) is 0 Å². The van der Waals surface area contributed by atoms with Crippen LogP contribution in [0.4, 0.5) is 0 Å². The van der Waals surface area contributed by atoms with Crippen molar-refractivity contribution >= 4 is 23.2 Å². The van der Waals surface area contributed by atoms with Crippen LogP contribution < -0.4 is 5.32 Å². The Morgan fingerprint density at radius 2 is 2.03 bits per heavy atom. The Kier molecular flexibility index (Phi) is 6.28. The standard InChI is InChI=1S/C23H25N3O3S/c1-16-12-17(14-24-21(27)13-18-6-5-11-30-18)7-8-19(16)22-25-20(15-29-22)23(28)26-9-3-2-4-10-26/h5-8,11-12,15H,2-4,9-10,13-14H2,1H3,(H,24,27). The van der Waals surface area contributed by atoms with E-state index in [9.17, 15) is 9.59 Å². The lowest BCUT2D eigenvalue weighted by atomic mass is 10.0. The Balaban J connectivity index is 1.39. The molecule has 3 aromatic rings. The minimum Gasteiger partial charge on any atom is -0.444 e. The highest BCUT2D eigenvalue weighted by molar-refractivity contribution is 7.10. The first-order valence-corrected chi connectivity index (χ1v) is 11.1. The number of benzene rings is 1. The molecular formula is C23H25N3O3S. The summed E-state index contributed by atoms with van der Waals surface area (Å²) < 4.78 is 5.61. The second kappa shape index (κ2) is 9.26. The minimum atomic E-state index is -0.0626. The molecule has 2 amide bonds. The van der Waals surface area contributed by atoms with Crippen LogP contribution in [0, 0.1) is 6.92 Å². The lowest BCUT2D eigenvalue weighted by molar-refractivity contribution is -0.120. The van der Waals surface area contributed by atoms with E-state index in [1.165, 1.54) is 12.7 Å². The molecule has 0 radical (unpaired) electrons. The number of aryl methyl sites for hydroxylation is 1. The Hall–Kier alpha value is -2.93. The first-order chi connectivity index (χ1) is 14.6. The number of thiophene rings is 1. The van der Waals surface area contributed by atoms with Crippen LogP contribution in [-0.4, -0.2) is 34.8 Å². The van der Waals surface area contributed by atoms with Gasteiger partial charge in [0.2, 0.25) is 11.8 Å². The van der Waals surface area contributed by atoms with Gasteiger partial charge >= 0.3 is 0 Å². The quantitative estimate of drug-likeness (QED) is 0.645. The van der Waals surface area contributed by atoms with E-state index in [4.69, 9.17) is 4.42 Å². The zero-order valence-corrected chi connectivity index (χ0v) is 17.8. The molecule has 1 aliphatic rings. The maximum absolute atomic E-state index is 12.6. The van der Waals surface area contributed by atoms with Gasteiger partial charge in [-0.1, -0.05) is 18.2 Å². The summed E-state index contributed by atoms with van der Waals surface area (Å²) in [6.07, 6.45) is 5.11. The van der Waals surface area contributed by atoms with Crippen molar-refractivity contribution in [3.63, 3.8) is 0 Å². The number of nitrogens with zero attached hydrogens (tertiary/aromatic N) is 2. The zero-order valence-electron chi connectivity index (χ0n) is 17.0. The Labute approximate surface area is 179 Å². The highest BCUT2D eigenvalue weighted by Crippen LogP contribution is 2.25. The van der Waals surface area contributed by atoms with Gasteiger partial charge < -0.3 is 14.6 Å². The number of oxazole rings is 1. The van der Waals surface area contributed by atoms with Gasteiger partial charge in [0.1, 0.15) is 6.26 Å². The molecule has 0 unspecified atom stereocenters. The van der Waals surface area contributed by atoms with Crippen molar-refractivity contribution in [2.75, 3.05) is 13.1 Å². The van der Waals surface area contributed by atoms with Crippen LogP contribution in [0.1, 0.15) is 45.8 Å². The summed E-state index contributed by atoms with van der Waals surface area (Å²) in [5.41, 5.74) is 3.20. The molecule has 4 rings (SSSR count). The zero-order chi connectivity index (χ0) is 20.9. The van der Waals surface area contributed by atoms with E-state index in [0.29, 0.717) is 24.6 Å². The lowest BCUT2D eigenvalue weighted by Crippen LogP contribution is -2.35. The number of amides is 2. The molecule has 1 N–H and O–H groups in total. The number of hydrogen-bond acceptors (Lipinski definition) is 5. The molecule has 0 atom stereocenters. The Morgan fingerprint density at radius 1 is 1.20 bits per heavy atom. The Bertz CT molecular complexity index is 1020. The van der Waals surface area contributed by atoms with Gasteiger partial charge in [-0.2, -0.15) is 0 Å². The van der Waals surface area contributed by atoms with Gasteiger partial charge in [-0.15, -0.1) is 11.3 Å². The number of carbonyl (C=O) groups excluding carboxylic acids is 2. The second-order valence-electron chi connectivity index (χ2n) is 7.57. The molecule has 7 heteroatoms. The molecule has 1 saturated heterocycles. The van der Waals surface area contributed by atoms with Gasteiger partial charge in [-0.3, -0.25) is 9.59 Å². The van der Waals surface area contributed by atoms with Crippen LogP contribution in [0.5, 0.6) is 0 Å². The monoisotopic (exact) mass is 423 g/mol. The maximum Gasteiger partial charge on any atom is 0.275 e. The number of piperidine rings is 1. The van der Waals surface area contributed by atoms with Gasteiger partial charge in [0.25, 0.3) is 5.91 Å². The van der Waals surface area contributed by atoms with Crippen molar-refractivity contribution in [3.8, 4) is 11.5 Å². The highest BCUT2D eigenvalue weighted by Gasteiger charge is 2.22. The Morgan fingerprint density at radius 3 is 2.77 bits per heavy atom. The normalized spacial score (nSPS) is 14.0. The molecule has 1 aromatic carbocycles. The predicted molar refractivity (Wildman–Crippen MR) is 116 cm³/mol. The van der Waals surface area contributed by atoms with E-state index in [2.05, 4.69) is 10.3 Å². The van der Waals surface area contributed by atoms with Gasteiger partial charge in [0.15, 0.2) is 5.69 Å². The van der Waals surface area contributed by atoms with Crippen LogP contribution in [0.25, 0.3) is 11.5 Å². The van der Waals surface area contributed by atoms with Gasteiger partial charge in [0.05, 0.1) is 6.42 Å². The van der Waals surface area contributed by atoms with Crippen molar-refractivity contribution in [3.05, 3.63) is 63.7 Å². The van der Waals surface area contributed by atoms with Crippen LogP contribution in [-0.2, 0) is 17.8 Å². The number of hydrogen-bond donors (Lipinski definition) is 1. The molecule has 156 valence electrons. The molecule has 0 bridgehead atoms. The summed E-state index contributed by atoms with van der Waals surface area (Å²) in [5, 5.41) is 4.93. The lowest BCUT2D eigenvalue weighted by Gasteiger charge is -2.25. The summed E-state index contributed by atoms with van der Waals surface area (Å²) >= 11 is 1.58. The van der Waals surface area contributed by atoms with E-state index in [1.807, 2.05) is 47.5 Å². The van der Waals surface area contributed by atoms with Gasteiger partial charge in [-0.25, -0.2) is 4.98 Å². The topological polar surface area (TPSA) is 75.4 Å². The smallest absolute Gasteiger partial charge is 0.275 e. The van der Waals surface area contributed by atoms with Crippen molar-refractivity contribution in [1.82, 2.24) is 15.2 Å². The molecule has 2 aromatic heterocycles. The van der Waals surface area contributed by atoms with E-state index >= 15 is 0 Å². The number of rotatable bonds is 6. The summed E-state index contributed by atoms with van der Waals surface area (Å²) in [6, 6.07) is 9.80.